The molecule has 0 bridgehead atoms. The first-order valence-electron chi connectivity index (χ1n) is 2.77. The number of carbonyl (C=O) groups excluding carboxylic acids is 2. The zero-order chi connectivity index (χ0) is 7.98. The lowest BCUT2D eigenvalue weighted by molar-refractivity contribution is -0.122. The first-order chi connectivity index (χ1) is 4.66. The minimum absolute atomic E-state index is 0.0474. The molecule has 0 unspecified atom stereocenters. The average Bonchev–Trinajstić information content (AvgIpc) is 1.87. The monoisotopic (exact) mass is 148 g/mol. The van der Waals surface area contributed by atoms with Gasteiger partial charge in [0.1, 0.15) is 0 Å². The number of hydrogen-bond acceptors (Lipinski definition) is 2. The van der Waals surface area contributed by atoms with E-state index >= 15 is 0 Å². The van der Waals surface area contributed by atoms with Crippen LogP contribution in [0.2, 0.25) is 0 Å². The Bertz CT molecular complexity index is 138. The van der Waals surface area contributed by atoms with Crippen molar-refractivity contribution in [3.63, 3.8) is 0 Å². The summed E-state index contributed by atoms with van der Waals surface area (Å²) in [6.45, 7) is -0.948. The van der Waals surface area contributed by atoms with E-state index in [4.69, 9.17) is 5.73 Å². The summed E-state index contributed by atoms with van der Waals surface area (Å²) >= 11 is 0. The molecule has 0 rings (SSSR count). The lowest BCUT2D eigenvalue weighted by atomic mass is 10.4. The minimum atomic E-state index is -1.06. The maximum atomic E-state index is 11.4. The predicted octanol–water partition coefficient (Wildman–Crippen LogP) is -1.05. The molecule has 58 valence electrons. The molecular formula is C5H9FN2O2. The maximum Gasteiger partial charge on any atom is 0.251 e. The fourth-order valence-electron chi connectivity index (χ4n) is 0.372. The number of halogens is 1. The van der Waals surface area contributed by atoms with E-state index in [-0.39, 0.29) is 13.0 Å². The SMILES string of the molecule is NC(=O)CCNC(=O)CF. The van der Waals surface area contributed by atoms with E-state index in [1.807, 2.05) is 0 Å². The third-order valence-corrected chi connectivity index (χ3v) is 0.815. The smallest absolute Gasteiger partial charge is 0.251 e. The second-order valence-electron chi connectivity index (χ2n) is 1.70. The molecule has 0 aliphatic heterocycles. The molecule has 10 heavy (non-hydrogen) atoms. The highest BCUT2D eigenvalue weighted by Gasteiger charge is 1.98. The molecule has 0 aromatic rings. The third kappa shape index (κ3) is 5.02. The second kappa shape index (κ2) is 4.72. The molecule has 0 aromatic carbocycles. The Labute approximate surface area is 57.6 Å². The number of rotatable bonds is 4. The Morgan fingerprint density at radius 1 is 1.50 bits per heavy atom. The topological polar surface area (TPSA) is 72.2 Å². The minimum Gasteiger partial charge on any atom is -0.370 e. The van der Waals surface area contributed by atoms with Gasteiger partial charge in [0.2, 0.25) is 5.91 Å². The van der Waals surface area contributed by atoms with E-state index in [1.165, 1.54) is 0 Å². The highest BCUT2D eigenvalue weighted by molar-refractivity contribution is 5.78. The van der Waals surface area contributed by atoms with Crippen LogP contribution in [0.25, 0.3) is 0 Å². The highest BCUT2D eigenvalue weighted by atomic mass is 19.1. The van der Waals surface area contributed by atoms with Gasteiger partial charge in [-0.15, -0.1) is 0 Å². The Morgan fingerprint density at radius 2 is 2.10 bits per heavy atom. The summed E-state index contributed by atoms with van der Waals surface area (Å²) in [5, 5.41) is 2.15. The second-order valence-corrected chi connectivity index (χ2v) is 1.70. The number of nitrogens with one attached hydrogen (secondary N) is 1. The zero-order valence-corrected chi connectivity index (χ0v) is 5.39. The molecule has 0 saturated heterocycles. The van der Waals surface area contributed by atoms with E-state index in [0.717, 1.165) is 0 Å². The van der Waals surface area contributed by atoms with Crippen LogP contribution in [0.4, 0.5) is 4.39 Å². The summed E-state index contributed by atoms with van der Waals surface area (Å²) < 4.78 is 11.4. The van der Waals surface area contributed by atoms with Crippen LogP contribution >= 0.6 is 0 Å². The van der Waals surface area contributed by atoms with Crippen LogP contribution in [0.3, 0.4) is 0 Å². The molecule has 2 amide bonds. The largest absolute Gasteiger partial charge is 0.370 e. The van der Waals surface area contributed by atoms with Gasteiger partial charge in [0.15, 0.2) is 6.67 Å². The summed E-state index contributed by atoms with van der Waals surface area (Å²) in [4.78, 5) is 20.2. The van der Waals surface area contributed by atoms with E-state index < -0.39 is 18.5 Å². The van der Waals surface area contributed by atoms with Crippen LogP contribution in [0.5, 0.6) is 0 Å². The van der Waals surface area contributed by atoms with Crippen molar-refractivity contribution in [2.24, 2.45) is 5.73 Å². The predicted molar refractivity (Wildman–Crippen MR) is 32.8 cm³/mol. The fourth-order valence-corrected chi connectivity index (χ4v) is 0.372. The number of carbonyl (C=O) groups is 2. The van der Waals surface area contributed by atoms with Gasteiger partial charge in [0.25, 0.3) is 5.91 Å². The van der Waals surface area contributed by atoms with E-state index in [2.05, 4.69) is 5.32 Å². The van der Waals surface area contributed by atoms with Gasteiger partial charge >= 0.3 is 0 Å². The Hall–Kier alpha value is -1.13. The van der Waals surface area contributed by atoms with Gasteiger partial charge < -0.3 is 11.1 Å². The molecule has 4 nitrogen and oxygen atoms in total. The fraction of sp³-hybridized carbons (Fsp3) is 0.600. The van der Waals surface area contributed by atoms with Crippen LogP contribution < -0.4 is 11.1 Å². The Kier molecular flexibility index (Phi) is 4.19. The van der Waals surface area contributed by atoms with Crippen LogP contribution in [-0.4, -0.2) is 25.0 Å². The molecule has 0 saturated carbocycles. The molecule has 0 aromatic heterocycles. The Morgan fingerprint density at radius 3 is 2.50 bits per heavy atom. The molecule has 0 aliphatic rings. The summed E-state index contributed by atoms with van der Waals surface area (Å²) in [5.41, 5.74) is 4.74. The standard InChI is InChI=1S/C5H9FN2O2/c6-3-5(10)8-2-1-4(7)9/h1-3H2,(H2,7,9)(H,8,10). The number of primary amides is 1. The number of hydrogen-bond donors (Lipinski definition) is 2. The third-order valence-electron chi connectivity index (χ3n) is 0.815. The normalized spacial score (nSPS) is 8.90. The molecule has 0 atom stereocenters. The van der Waals surface area contributed by atoms with E-state index in [9.17, 15) is 14.0 Å². The van der Waals surface area contributed by atoms with E-state index in [0.29, 0.717) is 0 Å². The molecule has 0 fully saturated rings. The van der Waals surface area contributed by atoms with Crippen LogP contribution in [0, 0.1) is 0 Å². The molecule has 3 N–H and O–H groups in total. The lowest BCUT2D eigenvalue weighted by Crippen LogP contribution is -2.28. The first kappa shape index (κ1) is 8.87. The summed E-state index contributed by atoms with van der Waals surface area (Å²) in [5.74, 6) is -1.24. The first-order valence-corrected chi connectivity index (χ1v) is 2.77. The van der Waals surface area contributed by atoms with Gasteiger partial charge in [-0.3, -0.25) is 9.59 Å². The van der Waals surface area contributed by atoms with Crippen molar-refractivity contribution in [3.05, 3.63) is 0 Å². The lowest BCUT2D eigenvalue weighted by Gasteiger charge is -1.97. The van der Waals surface area contributed by atoms with Gasteiger partial charge in [-0.25, -0.2) is 4.39 Å². The van der Waals surface area contributed by atoms with Gasteiger partial charge in [-0.05, 0) is 0 Å². The van der Waals surface area contributed by atoms with Gasteiger partial charge in [0.05, 0.1) is 0 Å². The summed E-state index contributed by atoms with van der Waals surface area (Å²) in [6, 6.07) is 0. The summed E-state index contributed by atoms with van der Waals surface area (Å²) in [6.07, 6.45) is 0.0474. The molecule has 0 aliphatic carbocycles. The van der Waals surface area contributed by atoms with Crippen LogP contribution in [0.15, 0.2) is 0 Å². The average molecular weight is 148 g/mol. The zero-order valence-electron chi connectivity index (χ0n) is 5.39. The number of nitrogens with two attached hydrogens (primary N) is 1. The maximum absolute atomic E-state index is 11.4. The summed E-state index contributed by atoms with van der Waals surface area (Å²) in [7, 11) is 0. The van der Waals surface area contributed by atoms with Crippen molar-refractivity contribution in [2.45, 2.75) is 6.42 Å². The van der Waals surface area contributed by atoms with Crippen molar-refractivity contribution in [3.8, 4) is 0 Å². The van der Waals surface area contributed by atoms with Crippen molar-refractivity contribution >= 4 is 11.8 Å². The molecule has 0 spiro atoms. The van der Waals surface area contributed by atoms with Gasteiger partial charge in [0, 0.05) is 13.0 Å². The van der Waals surface area contributed by atoms with Crippen LogP contribution in [-0.2, 0) is 9.59 Å². The molecule has 0 heterocycles. The van der Waals surface area contributed by atoms with Gasteiger partial charge in [-0.1, -0.05) is 0 Å². The highest BCUT2D eigenvalue weighted by Crippen LogP contribution is 1.73. The van der Waals surface area contributed by atoms with Crippen molar-refractivity contribution < 1.29 is 14.0 Å². The van der Waals surface area contributed by atoms with E-state index in [1.54, 1.807) is 0 Å². The molecular weight excluding hydrogens is 139 g/mol. The number of amides is 2. The van der Waals surface area contributed by atoms with Crippen molar-refractivity contribution in [2.75, 3.05) is 13.2 Å². The van der Waals surface area contributed by atoms with Crippen LogP contribution in [0.1, 0.15) is 6.42 Å². The Balaban J connectivity index is 3.20. The molecule has 5 heteroatoms. The quantitative estimate of drug-likeness (QED) is 0.533. The van der Waals surface area contributed by atoms with Crippen molar-refractivity contribution in [1.29, 1.82) is 0 Å². The van der Waals surface area contributed by atoms with Crippen molar-refractivity contribution in [1.82, 2.24) is 5.32 Å². The number of alkyl halides is 1. The van der Waals surface area contributed by atoms with Gasteiger partial charge in [-0.2, -0.15) is 0 Å². The molecule has 0 radical (unpaired) electrons.